The van der Waals surface area contributed by atoms with Gasteiger partial charge in [-0.25, -0.2) is 4.79 Å². The van der Waals surface area contributed by atoms with Crippen LogP contribution >= 0.6 is 0 Å². The van der Waals surface area contributed by atoms with E-state index in [1.54, 1.807) is 20.0 Å². The van der Waals surface area contributed by atoms with Crippen molar-refractivity contribution in [3.05, 3.63) is 36.0 Å². The van der Waals surface area contributed by atoms with E-state index in [0.717, 1.165) is 16.5 Å². The van der Waals surface area contributed by atoms with Gasteiger partial charge in [0.15, 0.2) is 0 Å². The van der Waals surface area contributed by atoms with Crippen molar-refractivity contribution in [3.8, 4) is 0 Å². The van der Waals surface area contributed by atoms with Crippen molar-refractivity contribution in [2.45, 2.75) is 71.6 Å². The summed E-state index contributed by atoms with van der Waals surface area (Å²) < 4.78 is 0. The van der Waals surface area contributed by atoms with Crippen LogP contribution in [0.1, 0.15) is 46.6 Å². The minimum Gasteiger partial charge on any atom is -0.480 e. The van der Waals surface area contributed by atoms with Crippen LogP contribution in [0.25, 0.3) is 10.9 Å². The number of aliphatic carboxylic acids is 1. The Morgan fingerprint density at radius 2 is 1.60 bits per heavy atom. The van der Waals surface area contributed by atoms with E-state index in [4.69, 9.17) is 5.73 Å². The van der Waals surface area contributed by atoms with E-state index < -0.39 is 47.9 Å². The Labute approximate surface area is 205 Å². The maximum absolute atomic E-state index is 13.2. The first-order chi connectivity index (χ1) is 16.4. The molecule has 7 N–H and O–H groups in total. The van der Waals surface area contributed by atoms with Gasteiger partial charge in [-0.05, 0) is 36.8 Å². The van der Waals surface area contributed by atoms with Crippen LogP contribution in [0.4, 0.5) is 0 Å². The van der Waals surface area contributed by atoms with Gasteiger partial charge in [-0.15, -0.1) is 0 Å². The average molecular weight is 488 g/mol. The zero-order valence-electron chi connectivity index (χ0n) is 20.9. The van der Waals surface area contributed by atoms with Gasteiger partial charge in [0.25, 0.3) is 0 Å². The molecule has 35 heavy (non-hydrogen) atoms. The van der Waals surface area contributed by atoms with Crippen molar-refractivity contribution < 1.29 is 24.3 Å². The van der Waals surface area contributed by atoms with Crippen molar-refractivity contribution >= 4 is 34.6 Å². The fourth-order valence-corrected chi connectivity index (χ4v) is 3.79. The lowest BCUT2D eigenvalue weighted by molar-refractivity contribution is -0.143. The maximum Gasteiger partial charge on any atom is 0.326 e. The van der Waals surface area contributed by atoms with E-state index in [-0.39, 0.29) is 18.3 Å². The number of fused-ring (bicyclic) bond motifs is 1. The van der Waals surface area contributed by atoms with Crippen LogP contribution in [-0.2, 0) is 25.6 Å². The number of H-pyrrole nitrogens is 1. The number of carboxylic acid groups (broad SMARTS) is 1. The van der Waals surface area contributed by atoms with Gasteiger partial charge < -0.3 is 31.8 Å². The predicted molar refractivity (Wildman–Crippen MR) is 133 cm³/mol. The fraction of sp³-hybridized carbons (Fsp3) is 0.520. The molecule has 4 unspecified atom stereocenters. The third-order valence-corrected chi connectivity index (χ3v) is 5.78. The number of carboxylic acids is 1. The SMILES string of the molecule is CC(C)CC(N)C(=O)NC(Cc1c[nH]c2ccccc12)C(=O)NC(C)C(=O)NC(C(=O)O)C(C)C. The molecule has 1 heterocycles. The number of amides is 3. The molecular weight excluding hydrogens is 450 g/mol. The summed E-state index contributed by atoms with van der Waals surface area (Å²) in [4.78, 5) is 53.0. The Morgan fingerprint density at radius 3 is 2.20 bits per heavy atom. The first kappa shape index (κ1) is 27.8. The lowest BCUT2D eigenvalue weighted by Crippen LogP contribution is -2.57. The third kappa shape index (κ3) is 7.81. The summed E-state index contributed by atoms with van der Waals surface area (Å²) in [5.41, 5.74) is 7.74. The number of hydrogen-bond donors (Lipinski definition) is 6. The number of nitrogens with one attached hydrogen (secondary N) is 4. The highest BCUT2D eigenvalue weighted by atomic mass is 16.4. The maximum atomic E-state index is 13.2. The molecule has 0 aliphatic heterocycles. The molecule has 10 heteroatoms. The van der Waals surface area contributed by atoms with Gasteiger partial charge in [0.1, 0.15) is 18.1 Å². The largest absolute Gasteiger partial charge is 0.480 e. The number of carbonyl (C=O) groups excluding carboxylic acids is 3. The van der Waals surface area contributed by atoms with E-state index in [0.29, 0.717) is 6.42 Å². The van der Waals surface area contributed by atoms with E-state index in [1.165, 1.54) is 6.92 Å². The molecule has 192 valence electrons. The third-order valence-electron chi connectivity index (χ3n) is 5.78. The summed E-state index contributed by atoms with van der Waals surface area (Å²) in [6.45, 7) is 8.71. The van der Waals surface area contributed by atoms with E-state index in [1.807, 2.05) is 38.1 Å². The predicted octanol–water partition coefficient (Wildman–Crippen LogP) is 1.30. The smallest absolute Gasteiger partial charge is 0.326 e. The van der Waals surface area contributed by atoms with Gasteiger partial charge in [0, 0.05) is 23.5 Å². The van der Waals surface area contributed by atoms with Crippen LogP contribution < -0.4 is 21.7 Å². The van der Waals surface area contributed by atoms with Crippen LogP contribution in [0, 0.1) is 11.8 Å². The standard InChI is InChI=1S/C25H37N5O5/c1-13(2)10-18(26)23(32)29-20(11-16-12-27-19-9-7-6-8-17(16)19)24(33)28-15(5)22(31)30-21(14(3)4)25(34)35/h6-9,12-15,18,20-21,27H,10-11,26H2,1-5H3,(H,28,33)(H,29,32)(H,30,31)(H,34,35). The molecule has 0 bridgehead atoms. The van der Waals surface area contributed by atoms with Crippen LogP contribution in [0.2, 0.25) is 0 Å². The summed E-state index contributed by atoms with van der Waals surface area (Å²) in [6, 6.07) is 3.72. The topological polar surface area (TPSA) is 166 Å². The van der Waals surface area contributed by atoms with Gasteiger partial charge in [0.05, 0.1) is 6.04 Å². The van der Waals surface area contributed by atoms with Crippen LogP contribution in [-0.4, -0.2) is 57.9 Å². The molecule has 4 atom stereocenters. The molecule has 0 saturated carbocycles. The molecule has 1 aromatic heterocycles. The minimum atomic E-state index is -1.16. The lowest BCUT2D eigenvalue weighted by atomic mass is 10.0. The molecule has 0 spiro atoms. The summed E-state index contributed by atoms with van der Waals surface area (Å²) >= 11 is 0. The normalized spacial score (nSPS) is 14.9. The number of hydrogen-bond acceptors (Lipinski definition) is 5. The van der Waals surface area contributed by atoms with Gasteiger partial charge >= 0.3 is 5.97 Å². The Hall–Kier alpha value is -3.40. The van der Waals surface area contributed by atoms with Crippen molar-refractivity contribution in [3.63, 3.8) is 0 Å². The number of rotatable bonds is 12. The number of benzene rings is 1. The minimum absolute atomic E-state index is 0.175. The van der Waals surface area contributed by atoms with E-state index in [2.05, 4.69) is 20.9 Å². The summed E-state index contributed by atoms with van der Waals surface area (Å²) in [6.07, 6.45) is 2.41. The van der Waals surface area contributed by atoms with E-state index >= 15 is 0 Å². The van der Waals surface area contributed by atoms with Crippen LogP contribution in [0.15, 0.2) is 30.5 Å². The Morgan fingerprint density at radius 1 is 0.943 bits per heavy atom. The molecule has 0 saturated heterocycles. The van der Waals surface area contributed by atoms with Gasteiger partial charge in [0.2, 0.25) is 17.7 Å². The van der Waals surface area contributed by atoms with Gasteiger partial charge in [-0.3, -0.25) is 14.4 Å². The van der Waals surface area contributed by atoms with Gasteiger partial charge in [-0.2, -0.15) is 0 Å². The van der Waals surface area contributed by atoms with Crippen molar-refractivity contribution in [2.75, 3.05) is 0 Å². The molecule has 1 aromatic carbocycles. The first-order valence-electron chi connectivity index (χ1n) is 11.8. The van der Waals surface area contributed by atoms with Gasteiger partial charge in [-0.1, -0.05) is 45.9 Å². The van der Waals surface area contributed by atoms with Crippen molar-refractivity contribution in [1.29, 1.82) is 0 Å². The monoisotopic (exact) mass is 487 g/mol. The average Bonchev–Trinajstić information content (AvgIpc) is 3.18. The second-order valence-corrected chi connectivity index (χ2v) is 9.66. The molecule has 2 rings (SSSR count). The number of aromatic nitrogens is 1. The lowest BCUT2D eigenvalue weighted by Gasteiger charge is -2.24. The Bertz CT molecular complexity index is 1050. The fourth-order valence-electron chi connectivity index (χ4n) is 3.79. The molecule has 2 aromatic rings. The second-order valence-electron chi connectivity index (χ2n) is 9.66. The molecule has 3 amide bonds. The molecule has 0 aliphatic rings. The molecule has 0 fully saturated rings. The van der Waals surface area contributed by atoms with Crippen LogP contribution in [0.3, 0.4) is 0 Å². The quantitative estimate of drug-likeness (QED) is 0.264. The highest BCUT2D eigenvalue weighted by Crippen LogP contribution is 2.19. The Kier molecular flexibility index (Phi) is 9.82. The summed E-state index contributed by atoms with van der Waals surface area (Å²) in [5, 5.41) is 18.0. The Balaban J connectivity index is 2.19. The van der Waals surface area contributed by atoms with Crippen molar-refractivity contribution in [1.82, 2.24) is 20.9 Å². The van der Waals surface area contributed by atoms with Crippen LogP contribution in [0.5, 0.6) is 0 Å². The molecule has 0 aliphatic carbocycles. The number of para-hydroxylation sites is 1. The molecule has 0 radical (unpaired) electrons. The number of aromatic amines is 1. The summed E-state index contributed by atoms with van der Waals surface area (Å²) in [5.74, 6) is -2.95. The highest BCUT2D eigenvalue weighted by Gasteiger charge is 2.30. The zero-order valence-corrected chi connectivity index (χ0v) is 20.9. The zero-order chi connectivity index (χ0) is 26.3. The second kappa shape index (κ2) is 12.3. The molecule has 10 nitrogen and oxygen atoms in total. The van der Waals surface area contributed by atoms with Crippen molar-refractivity contribution in [2.24, 2.45) is 17.6 Å². The summed E-state index contributed by atoms with van der Waals surface area (Å²) in [7, 11) is 0. The first-order valence-corrected chi connectivity index (χ1v) is 11.8. The number of carbonyl (C=O) groups is 4. The highest BCUT2D eigenvalue weighted by molar-refractivity contribution is 5.94. The molecular formula is C25H37N5O5. The van der Waals surface area contributed by atoms with E-state index in [9.17, 15) is 24.3 Å². The number of nitrogens with two attached hydrogens (primary N) is 1.